The Morgan fingerprint density at radius 2 is 2.24 bits per heavy atom. The maximum atomic E-state index is 9.68. The molecule has 4 heteroatoms. The fourth-order valence-electron chi connectivity index (χ4n) is 2.96. The Balaban J connectivity index is 2.31. The fourth-order valence-corrected chi connectivity index (χ4v) is 2.96. The van der Waals surface area contributed by atoms with Gasteiger partial charge in [0.1, 0.15) is 0 Å². The molecule has 1 aliphatic rings. The van der Waals surface area contributed by atoms with Crippen LogP contribution in [-0.2, 0) is 0 Å². The van der Waals surface area contributed by atoms with Crippen LogP contribution in [0.4, 0.5) is 0 Å². The van der Waals surface area contributed by atoms with E-state index < -0.39 is 0 Å². The molecule has 4 nitrogen and oxygen atoms in total. The molecule has 2 rings (SSSR count). The Morgan fingerprint density at radius 3 is 2.65 bits per heavy atom. The zero-order valence-electron chi connectivity index (χ0n) is 10.8. The first-order valence-electron chi connectivity index (χ1n) is 6.49. The second kappa shape index (κ2) is 4.78. The average Bonchev–Trinajstić information content (AvgIpc) is 2.71. The summed E-state index contributed by atoms with van der Waals surface area (Å²) in [5.41, 5.74) is 7.13. The lowest BCUT2D eigenvalue weighted by molar-refractivity contribution is 0.0163. The number of nitrogens with zero attached hydrogens (tertiary/aromatic N) is 2. The van der Waals surface area contributed by atoms with Crippen molar-refractivity contribution in [2.24, 2.45) is 11.1 Å². The monoisotopic (exact) mass is 237 g/mol. The van der Waals surface area contributed by atoms with Crippen molar-refractivity contribution in [1.82, 2.24) is 9.78 Å². The minimum Gasteiger partial charge on any atom is -0.396 e. The predicted octanol–water partition coefficient (Wildman–Crippen LogP) is 1.67. The minimum atomic E-state index is 0.00141. The van der Waals surface area contributed by atoms with Crippen molar-refractivity contribution in [2.75, 3.05) is 13.2 Å². The van der Waals surface area contributed by atoms with E-state index in [0.29, 0.717) is 12.6 Å². The van der Waals surface area contributed by atoms with E-state index in [1.54, 1.807) is 0 Å². The number of aromatic nitrogens is 2. The molecule has 17 heavy (non-hydrogen) atoms. The molecule has 0 unspecified atom stereocenters. The number of nitrogens with two attached hydrogens (primary N) is 1. The quantitative estimate of drug-likeness (QED) is 0.818. The molecule has 1 fully saturated rings. The van der Waals surface area contributed by atoms with Crippen molar-refractivity contribution in [3.8, 4) is 0 Å². The molecule has 0 aliphatic heterocycles. The first kappa shape index (κ1) is 12.6. The Kier molecular flexibility index (Phi) is 3.54. The summed E-state index contributed by atoms with van der Waals surface area (Å²) in [7, 11) is 0. The van der Waals surface area contributed by atoms with Gasteiger partial charge in [-0.2, -0.15) is 5.10 Å². The molecule has 0 spiro atoms. The Hall–Kier alpha value is -0.870. The molecule has 96 valence electrons. The lowest BCUT2D eigenvalue weighted by atomic mass is 9.60. The number of hydrogen-bond donors (Lipinski definition) is 2. The molecule has 0 amide bonds. The number of hydrogen-bond acceptors (Lipinski definition) is 3. The molecule has 1 aliphatic carbocycles. The second-order valence-corrected chi connectivity index (χ2v) is 5.46. The topological polar surface area (TPSA) is 64.1 Å². The van der Waals surface area contributed by atoms with Gasteiger partial charge in [0, 0.05) is 42.4 Å². The van der Waals surface area contributed by atoms with Gasteiger partial charge in [-0.1, -0.05) is 6.42 Å². The standard InChI is InChI=1S/C13H23N3O/c1-10(2)16-12(4-7-15-16)11(8-14)13(9-17)5-3-6-13/h4,7,10-11,17H,3,5-6,8-9,14H2,1-2H3/t11-/m0/s1. The highest BCUT2D eigenvalue weighted by Gasteiger charge is 2.44. The van der Waals surface area contributed by atoms with Crippen molar-refractivity contribution in [3.05, 3.63) is 18.0 Å². The molecule has 3 N–H and O–H groups in total. The van der Waals surface area contributed by atoms with Crippen molar-refractivity contribution in [2.45, 2.75) is 45.1 Å². The van der Waals surface area contributed by atoms with Gasteiger partial charge in [-0.05, 0) is 32.8 Å². The van der Waals surface area contributed by atoms with Gasteiger partial charge in [-0.15, -0.1) is 0 Å². The summed E-state index contributed by atoms with van der Waals surface area (Å²) in [4.78, 5) is 0. The van der Waals surface area contributed by atoms with Gasteiger partial charge in [-0.3, -0.25) is 4.68 Å². The number of rotatable bonds is 5. The molecule has 0 aromatic carbocycles. The van der Waals surface area contributed by atoms with Crippen LogP contribution in [0.25, 0.3) is 0 Å². The van der Waals surface area contributed by atoms with Gasteiger partial charge >= 0.3 is 0 Å². The molecular formula is C13H23N3O. The average molecular weight is 237 g/mol. The highest BCUT2D eigenvalue weighted by atomic mass is 16.3. The summed E-state index contributed by atoms with van der Waals surface area (Å²) in [6.45, 7) is 5.06. The lowest BCUT2D eigenvalue weighted by Gasteiger charge is -2.46. The van der Waals surface area contributed by atoms with E-state index in [2.05, 4.69) is 18.9 Å². The van der Waals surface area contributed by atoms with Gasteiger partial charge in [0.2, 0.25) is 0 Å². The van der Waals surface area contributed by atoms with E-state index in [1.807, 2.05) is 16.9 Å². The summed E-state index contributed by atoms with van der Waals surface area (Å²) in [5, 5.41) is 14.1. The Labute approximate surface area is 103 Å². The Bertz CT molecular complexity index is 363. The van der Waals surface area contributed by atoms with Crippen LogP contribution in [0, 0.1) is 5.41 Å². The van der Waals surface area contributed by atoms with E-state index in [9.17, 15) is 5.11 Å². The minimum absolute atomic E-state index is 0.00141. The molecule has 0 saturated heterocycles. The Morgan fingerprint density at radius 1 is 1.53 bits per heavy atom. The third-order valence-electron chi connectivity index (χ3n) is 4.19. The van der Waals surface area contributed by atoms with Gasteiger partial charge in [0.05, 0.1) is 0 Å². The van der Waals surface area contributed by atoms with Crippen molar-refractivity contribution >= 4 is 0 Å². The lowest BCUT2D eigenvalue weighted by Crippen LogP contribution is -2.43. The van der Waals surface area contributed by atoms with E-state index in [-0.39, 0.29) is 17.9 Å². The van der Waals surface area contributed by atoms with Crippen LogP contribution < -0.4 is 5.73 Å². The van der Waals surface area contributed by atoms with Crippen LogP contribution in [0.1, 0.15) is 50.8 Å². The number of aliphatic hydroxyl groups is 1. The van der Waals surface area contributed by atoms with E-state index in [1.165, 1.54) is 12.1 Å². The van der Waals surface area contributed by atoms with Gasteiger partial charge in [-0.25, -0.2) is 0 Å². The summed E-state index contributed by atoms with van der Waals surface area (Å²) in [6, 6.07) is 2.39. The van der Waals surface area contributed by atoms with E-state index >= 15 is 0 Å². The first-order chi connectivity index (χ1) is 8.14. The molecule has 0 radical (unpaired) electrons. The van der Waals surface area contributed by atoms with Crippen LogP contribution in [0.15, 0.2) is 12.3 Å². The molecule has 1 aromatic rings. The smallest absolute Gasteiger partial charge is 0.0494 e. The zero-order chi connectivity index (χ0) is 12.5. The molecular weight excluding hydrogens is 214 g/mol. The molecule has 0 bridgehead atoms. The largest absolute Gasteiger partial charge is 0.396 e. The van der Waals surface area contributed by atoms with Crippen molar-refractivity contribution < 1.29 is 5.11 Å². The van der Waals surface area contributed by atoms with Crippen LogP contribution in [0.5, 0.6) is 0 Å². The molecule has 1 heterocycles. The summed E-state index contributed by atoms with van der Waals surface area (Å²) < 4.78 is 2.03. The SMILES string of the molecule is CC(C)n1nccc1[C@H](CN)C1(CO)CCC1. The summed E-state index contributed by atoms with van der Waals surface area (Å²) >= 11 is 0. The van der Waals surface area contributed by atoms with Crippen molar-refractivity contribution in [3.63, 3.8) is 0 Å². The van der Waals surface area contributed by atoms with Gasteiger partial charge < -0.3 is 10.8 Å². The van der Waals surface area contributed by atoms with E-state index in [4.69, 9.17) is 5.73 Å². The molecule has 1 atom stereocenters. The maximum Gasteiger partial charge on any atom is 0.0494 e. The van der Waals surface area contributed by atoms with Gasteiger partial charge in [0.25, 0.3) is 0 Å². The fraction of sp³-hybridized carbons (Fsp3) is 0.769. The summed E-state index contributed by atoms with van der Waals surface area (Å²) in [5.74, 6) is 0.228. The van der Waals surface area contributed by atoms with Crippen LogP contribution >= 0.6 is 0 Å². The van der Waals surface area contributed by atoms with Crippen LogP contribution in [0.3, 0.4) is 0 Å². The maximum absolute atomic E-state index is 9.68. The third kappa shape index (κ3) is 2.00. The predicted molar refractivity (Wildman–Crippen MR) is 67.8 cm³/mol. The highest BCUT2D eigenvalue weighted by Crippen LogP contribution is 2.50. The summed E-state index contributed by atoms with van der Waals surface area (Å²) in [6.07, 6.45) is 5.19. The number of aliphatic hydroxyl groups excluding tert-OH is 1. The van der Waals surface area contributed by atoms with Crippen LogP contribution in [-0.4, -0.2) is 28.0 Å². The second-order valence-electron chi connectivity index (χ2n) is 5.46. The van der Waals surface area contributed by atoms with Crippen molar-refractivity contribution in [1.29, 1.82) is 0 Å². The van der Waals surface area contributed by atoms with Crippen LogP contribution in [0.2, 0.25) is 0 Å². The first-order valence-corrected chi connectivity index (χ1v) is 6.49. The highest BCUT2D eigenvalue weighted by molar-refractivity contribution is 5.16. The van der Waals surface area contributed by atoms with E-state index in [0.717, 1.165) is 12.8 Å². The van der Waals surface area contributed by atoms with Gasteiger partial charge in [0.15, 0.2) is 0 Å². The normalized spacial score (nSPS) is 20.3. The molecule has 1 saturated carbocycles. The molecule has 1 aromatic heterocycles. The zero-order valence-corrected chi connectivity index (χ0v) is 10.8. The third-order valence-corrected chi connectivity index (χ3v) is 4.19.